The first-order chi connectivity index (χ1) is 60.4. The van der Waals surface area contributed by atoms with E-state index in [1.165, 1.54) is 45.1 Å². The summed E-state index contributed by atoms with van der Waals surface area (Å²) in [6.45, 7) is 15.0. The smallest absolute Gasteiger partial charge is 0.415 e. The third-order valence-electron chi connectivity index (χ3n) is 20.8. The van der Waals surface area contributed by atoms with Crippen LogP contribution in [0.3, 0.4) is 0 Å². The summed E-state index contributed by atoms with van der Waals surface area (Å²) in [6, 6.07) is 11.0. The molecule has 0 spiro atoms. The lowest BCUT2D eigenvalue weighted by Gasteiger charge is -2.34. The van der Waals surface area contributed by atoms with Crippen LogP contribution in [-0.2, 0) is 100.0 Å². The van der Waals surface area contributed by atoms with E-state index in [2.05, 4.69) is 25.4 Å². The Morgan fingerprint density at radius 2 is 1.10 bits per heavy atom. The van der Waals surface area contributed by atoms with Crippen molar-refractivity contribution in [2.45, 2.75) is 211 Å². The van der Waals surface area contributed by atoms with Crippen molar-refractivity contribution in [3.8, 4) is 17.1 Å². The number of esters is 3. The summed E-state index contributed by atoms with van der Waals surface area (Å²) in [4.78, 5) is 142. The van der Waals surface area contributed by atoms with Crippen LogP contribution in [0.15, 0.2) is 47.0 Å². The lowest BCUT2D eigenvalue weighted by Crippen LogP contribution is -2.51. The Labute approximate surface area is 734 Å². The van der Waals surface area contributed by atoms with E-state index in [9.17, 15) is 58.2 Å². The number of ketones is 1. The number of hydrogen-bond donors (Lipinski definition) is 8. The molecule has 125 heavy (non-hydrogen) atoms. The molecule has 1 aromatic carbocycles. The predicted molar refractivity (Wildman–Crippen MR) is 455 cm³/mol. The third kappa shape index (κ3) is 39.5. The number of Topliss-reactive ketones (excluding diaryl/α,β-unsaturated/α-hetero) is 1. The van der Waals surface area contributed by atoms with Gasteiger partial charge in [-0.25, -0.2) is 19.7 Å². The summed E-state index contributed by atoms with van der Waals surface area (Å²) in [5.41, 5.74) is 2.42. The number of thioether (sulfide) groups is 1. The number of aliphatic carboxylic acids is 1. The van der Waals surface area contributed by atoms with Gasteiger partial charge in [-0.1, -0.05) is 46.8 Å². The number of aromatic nitrogens is 3. The zero-order valence-corrected chi connectivity index (χ0v) is 74.5. The second-order valence-electron chi connectivity index (χ2n) is 29.7. The molecule has 4 aliphatic rings. The van der Waals surface area contributed by atoms with Gasteiger partial charge in [-0.05, 0) is 101 Å². The van der Waals surface area contributed by atoms with Crippen molar-refractivity contribution >= 4 is 99.2 Å². The van der Waals surface area contributed by atoms with Crippen molar-refractivity contribution in [2.75, 3.05) is 171 Å². The maximum atomic E-state index is 13.2. The molecule has 6 heterocycles. The molecule has 0 bridgehead atoms. The minimum absolute atomic E-state index is 0.0416. The summed E-state index contributed by atoms with van der Waals surface area (Å²) in [6.07, 6.45) is 4.97. The molecule has 9 unspecified atom stereocenters. The molecule has 704 valence electrons. The van der Waals surface area contributed by atoms with Gasteiger partial charge in [0, 0.05) is 169 Å². The van der Waals surface area contributed by atoms with Crippen LogP contribution in [0, 0.1) is 11.8 Å². The Morgan fingerprint density at radius 1 is 0.592 bits per heavy atom. The molecule has 5 amide bonds. The predicted octanol–water partition coefficient (Wildman–Crippen LogP) is 5.49. The largest absolute Gasteiger partial charge is 0.481 e. The van der Waals surface area contributed by atoms with E-state index < -0.39 is 72.6 Å². The molecule has 3 saturated heterocycles. The van der Waals surface area contributed by atoms with E-state index >= 15 is 0 Å². The van der Waals surface area contributed by atoms with Gasteiger partial charge in [0.15, 0.2) is 42.4 Å². The van der Waals surface area contributed by atoms with Crippen molar-refractivity contribution in [2.24, 2.45) is 11.8 Å². The number of nitrogens with one attached hydrogen (secondary N) is 2. The summed E-state index contributed by atoms with van der Waals surface area (Å²) in [5, 5.41) is 59.2. The van der Waals surface area contributed by atoms with Crippen LogP contribution in [0.5, 0.6) is 5.75 Å². The van der Waals surface area contributed by atoms with Crippen molar-refractivity contribution in [1.82, 2.24) is 40.3 Å². The van der Waals surface area contributed by atoms with Gasteiger partial charge in [0.25, 0.3) is 0 Å². The molecule has 3 aliphatic heterocycles. The minimum atomic E-state index is -0.945. The van der Waals surface area contributed by atoms with Crippen molar-refractivity contribution in [3.05, 3.63) is 42.6 Å². The molecular formula is C85H133N9O30S. The first kappa shape index (κ1) is 107. The number of morpholine rings is 1. The van der Waals surface area contributed by atoms with E-state index in [-0.39, 0.29) is 152 Å². The Bertz CT molecular complexity index is 3820. The molecule has 4 fully saturated rings. The number of anilines is 1. The quantitative estimate of drug-likeness (QED) is 0.00891. The number of carbonyl (C=O) groups is 10. The van der Waals surface area contributed by atoms with Crippen LogP contribution in [-0.4, -0.2) is 340 Å². The molecule has 8 N–H and O–H groups in total. The topological polar surface area (TPSA) is 501 Å². The second kappa shape index (κ2) is 61.2. The van der Waals surface area contributed by atoms with Gasteiger partial charge >= 0.3 is 30.0 Å². The van der Waals surface area contributed by atoms with Crippen molar-refractivity contribution in [1.29, 1.82) is 0 Å². The number of piperazine rings is 1. The maximum Gasteiger partial charge on any atom is 0.415 e. The molecule has 3 aromatic heterocycles. The zero-order chi connectivity index (χ0) is 91.4. The summed E-state index contributed by atoms with van der Waals surface area (Å²) < 4.78 is 74.2. The first-order valence-electron chi connectivity index (χ1n) is 43.0. The van der Waals surface area contributed by atoms with Crippen LogP contribution < -0.4 is 20.3 Å². The molecule has 1 aliphatic carbocycles. The highest BCUT2D eigenvalue weighted by Gasteiger charge is 2.41. The van der Waals surface area contributed by atoms with E-state index in [1.54, 1.807) is 23.2 Å². The highest BCUT2D eigenvalue weighted by atomic mass is 32.2. The Morgan fingerprint density at radius 3 is 1.59 bits per heavy atom. The number of imide groups is 1. The zero-order valence-electron chi connectivity index (χ0n) is 73.7. The number of nitrogens with zero attached hydrogens (tertiary/aromatic N) is 7. The monoisotopic (exact) mass is 1790 g/mol. The number of pyridine rings is 1. The third-order valence-corrected chi connectivity index (χ3v) is 22.0. The molecular weight excluding hydrogens is 1660 g/mol. The van der Waals surface area contributed by atoms with Gasteiger partial charge in [-0.15, -0.1) is 11.8 Å². The number of methoxy groups -OCH3 is 4. The van der Waals surface area contributed by atoms with E-state index in [1.807, 2.05) is 58.9 Å². The average Bonchev–Trinajstić information content (AvgIpc) is 1.59. The number of amides is 5. The number of rotatable bonds is 53. The van der Waals surface area contributed by atoms with Crippen LogP contribution in [0.2, 0.25) is 0 Å². The van der Waals surface area contributed by atoms with Gasteiger partial charge in [-0.2, -0.15) is 0 Å². The Hall–Kier alpha value is -8.30. The molecule has 8 rings (SSSR count). The number of aliphatic hydroxyl groups excluding tert-OH is 5. The minimum Gasteiger partial charge on any atom is -0.481 e. The van der Waals surface area contributed by atoms with Crippen LogP contribution in [0.4, 0.5) is 10.6 Å². The summed E-state index contributed by atoms with van der Waals surface area (Å²) >= 11 is 1.37. The molecule has 1 saturated carbocycles. The molecule has 0 radical (unpaired) electrons. The number of likely N-dealkylation sites (tertiary alicyclic amines) is 1. The van der Waals surface area contributed by atoms with Crippen molar-refractivity contribution in [3.63, 3.8) is 0 Å². The van der Waals surface area contributed by atoms with Crippen molar-refractivity contribution < 1.29 is 145 Å². The van der Waals surface area contributed by atoms with E-state index in [0.29, 0.717) is 175 Å². The van der Waals surface area contributed by atoms with Gasteiger partial charge in [0.05, 0.1) is 81.3 Å². The summed E-state index contributed by atoms with van der Waals surface area (Å²) in [5.74, 6) is -0.309. The Kier molecular flexibility index (Phi) is 52.5. The number of carboxylic acid groups (broad SMARTS) is 1. The van der Waals surface area contributed by atoms with Crippen LogP contribution >= 0.6 is 11.8 Å². The first-order valence-corrected chi connectivity index (χ1v) is 44.1. The number of fused-ring (bicyclic) bond motifs is 3. The normalized spacial score (nSPS) is 18.0. The number of hydrogen-bond acceptors (Lipinski definition) is 35. The molecule has 9 atom stereocenters. The number of ether oxygens (including phenoxy) is 13. The highest BCUT2D eigenvalue weighted by Crippen LogP contribution is 2.37. The maximum absolute atomic E-state index is 13.2. The van der Waals surface area contributed by atoms with Gasteiger partial charge in [-0.3, -0.25) is 53.0 Å². The fourth-order valence-corrected chi connectivity index (χ4v) is 14.2. The van der Waals surface area contributed by atoms with Gasteiger partial charge in [0.1, 0.15) is 36.9 Å². The lowest BCUT2D eigenvalue weighted by molar-refractivity contribution is -0.194. The molecule has 40 heteroatoms. The summed E-state index contributed by atoms with van der Waals surface area (Å²) in [7, 11) is 5.72. The molecule has 39 nitrogen and oxygen atoms in total. The van der Waals surface area contributed by atoms with E-state index in [0.717, 1.165) is 31.1 Å². The lowest BCUT2D eigenvalue weighted by atomic mass is 9.79. The van der Waals surface area contributed by atoms with Crippen LogP contribution in [0.1, 0.15) is 157 Å². The highest BCUT2D eigenvalue weighted by molar-refractivity contribution is 8.00. The SMILES string of the molecule is CCC(=O)C1CCC(CN2C(=O)CC(SCCNC(=O)CCCC(=O)OCC(OC)OC(CC)CO)C2=O)CC1.CCC(CO)OC(CO)OC.CCC(CO)OC(COC(=O)CCCC(=O)NCCN1CCN(C(=O)Oc2cccc(-c3nc(N4CCOCC4)c4oc5ncccc5c4n3)c2)CC1)OC.CCC(CO)OC(COC(=O)CCCC(=O)O)OC. The number of benzene rings is 1. The van der Waals surface area contributed by atoms with Gasteiger partial charge < -0.3 is 117 Å². The molecule has 4 aromatic rings. The van der Waals surface area contributed by atoms with Gasteiger partial charge in [0.2, 0.25) is 29.3 Å². The van der Waals surface area contributed by atoms with E-state index in [4.69, 9.17) is 96.4 Å². The number of aliphatic hydroxyl groups is 5. The van der Waals surface area contributed by atoms with Crippen LogP contribution in [0.25, 0.3) is 33.6 Å². The Balaban J connectivity index is 0.000000343. The number of carboxylic acids is 1. The number of carbonyl (C=O) groups excluding carboxylic acids is 9. The average molecular weight is 1790 g/mol. The standard InChI is InChI=1S/C38H49N7O10.C28H46N2O9S.C12H22O7.C7H16O4/c1-3-27(24-46)53-32(50-2)25-52-31(48)11-5-10-30(47)39-13-14-43-15-17-45(18-16-43)38(49)54-28-8-4-7-26(23-28)35-41-33-29-9-6-12-40-37(29)55-34(33)36(42-35)44-19-21-51-22-20-44;1-4-21(17-31)39-27(37-3)18-38-26(35)8-6-7-24(33)29-13-14-40-23-15-25(34)30(28(23)36)16-19-9-11-20(12-10-19)22(32)5-2;1-3-9(7-13)19-12(17-2)8-18-11(16)6-4-5-10(14)15;1-3-6(4-8)11-7(5-9)10-2/h4,6-9,12,23,27,32,46H,3,5,10-11,13-22,24-25H2,1-2H3,(H,39,47);19-21,23,27,31H,4-18H2,1-3H3,(H,29,33);9,12-13H,3-8H2,1-2H3,(H,14,15);6-9H,3-5H2,1-2H3. The second-order valence-corrected chi connectivity index (χ2v) is 31.0. The fourth-order valence-electron chi connectivity index (χ4n) is 13.2. The fraction of sp³-hybridized carbons (Fsp3) is 0.706. The number of furan rings is 1.